The molecular weight excluding hydrogens is 602 g/mol. The van der Waals surface area contributed by atoms with E-state index in [9.17, 15) is 0 Å². The maximum Gasteiger partial charge on any atom is 1.00 e. The molecule has 0 radical (unpaired) electrons. The Morgan fingerprint density at radius 2 is 0.711 bits per heavy atom. The van der Waals surface area contributed by atoms with Gasteiger partial charge in [0.25, 0.3) is 0 Å². The van der Waals surface area contributed by atoms with E-state index in [-0.39, 0.29) is 59.1 Å². The molecule has 246 valence electrons. The van der Waals surface area contributed by atoms with Gasteiger partial charge < -0.3 is 14.5 Å². The maximum atomic E-state index is 9.11. The summed E-state index contributed by atoms with van der Waals surface area (Å²) in [5.74, 6) is 0. The van der Waals surface area contributed by atoms with E-state index < -0.39 is 15.4 Å². The van der Waals surface area contributed by atoms with Crippen LogP contribution in [0, 0.1) is 0 Å². The van der Waals surface area contributed by atoms with Crippen molar-refractivity contribution in [1.29, 1.82) is 0 Å². The molecule has 0 aromatic heterocycles. The van der Waals surface area contributed by atoms with Crippen molar-refractivity contribution in [2.75, 3.05) is 0 Å². The number of hydrogen-bond donors (Lipinski definition) is 0. The van der Waals surface area contributed by atoms with Crippen LogP contribution in [0.25, 0.3) is 0 Å². The van der Waals surface area contributed by atoms with Crippen LogP contribution in [0.3, 0.4) is 0 Å². The second-order valence-corrected chi connectivity index (χ2v) is 12.8. The summed E-state index contributed by atoms with van der Waals surface area (Å²) in [6.45, 7) is 4.57. The number of aryl methyl sites for hydroxylation is 2. The van der Waals surface area contributed by atoms with Gasteiger partial charge in [-0.1, -0.05) is 190 Å². The molecule has 8 heteroatoms. The zero-order chi connectivity index (χ0) is 31.9. The minimum atomic E-state index is -5.19. The Morgan fingerprint density at radius 3 is 0.933 bits per heavy atom. The van der Waals surface area contributed by atoms with Crippen LogP contribution in [-0.4, -0.2) is 18.3 Å². The molecule has 2 rings (SSSR count). The zero-order valence-corrected chi connectivity index (χ0v) is 34.1. The number of carboxylic acid groups (broad SMARTS) is 1. The molecule has 5 nitrogen and oxygen atoms in total. The van der Waals surface area contributed by atoms with Crippen LogP contribution in [0.4, 0.5) is 4.79 Å². The number of carbonyl (C=O) groups is 1. The summed E-state index contributed by atoms with van der Waals surface area (Å²) < 4.78 is 27.3. The van der Waals surface area contributed by atoms with Crippen LogP contribution >= 0.6 is 0 Å². The Bertz CT molecular complexity index is 913. The molecule has 0 aliphatic heterocycles. The summed E-state index contributed by atoms with van der Waals surface area (Å²) in [4.78, 5) is 9.01. The molecule has 45 heavy (non-hydrogen) atoms. The fraction of sp³-hybridized carbons (Fsp3) is 0.649. The zero-order valence-electron chi connectivity index (χ0n) is 29.3. The third kappa shape index (κ3) is 36.5. The predicted molar refractivity (Wildman–Crippen MR) is 179 cm³/mol. The number of hydrogen-bond acceptors (Lipinski definition) is 5. The molecule has 0 aliphatic carbocycles. The van der Waals surface area contributed by atoms with Gasteiger partial charge in [-0.25, -0.2) is 8.42 Å². The van der Waals surface area contributed by atoms with Crippen molar-refractivity contribution in [2.45, 2.75) is 155 Å². The molecule has 0 spiro atoms. The summed E-state index contributed by atoms with van der Waals surface area (Å²) in [6, 6.07) is 21.8. The number of rotatable bonds is 22. The first-order chi connectivity index (χ1) is 20.8. The largest absolute Gasteiger partial charge is 1.00 e. The number of carbonyl (C=O) groups excluding carboxylic acids is 1. The smallest absolute Gasteiger partial charge is 0.743 e. The monoisotopic (exact) mass is 662 g/mol. The van der Waals surface area contributed by atoms with Gasteiger partial charge in [-0.15, -0.1) is 0 Å². The van der Waals surface area contributed by atoms with Gasteiger partial charge in [0, 0.05) is 0 Å². The number of benzene rings is 2. The first-order valence-corrected chi connectivity index (χ1v) is 18.5. The van der Waals surface area contributed by atoms with E-state index in [0.717, 1.165) is 0 Å². The number of unbranched alkanes of at least 4 members (excludes halogenated alkanes) is 18. The van der Waals surface area contributed by atoms with Crippen LogP contribution in [0.1, 0.15) is 153 Å². The average molecular weight is 663 g/mol. The predicted octanol–water partition coefficient (Wildman–Crippen LogP) is 4.18. The molecule has 2 aromatic rings. The molecule has 0 heterocycles. The standard InChI is InChI=1S/2C18H30.CH2O5S.2Na/c2*1-2-3-4-5-6-7-8-9-10-12-15-18-16-13-11-14-17-18;2-1(3)7(4,5)6;;/h2*11,13-14,16-17H,2-10,12,15H2,1H3;(H,2,3)(H,4,5,6);;/q;;;2*+1/p-2. The van der Waals surface area contributed by atoms with Gasteiger partial charge in [0.2, 0.25) is 0 Å². The van der Waals surface area contributed by atoms with Crippen molar-refractivity contribution in [3.8, 4) is 0 Å². The van der Waals surface area contributed by atoms with E-state index in [0.29, 0.717) is 0 Å². The Kier molecular flexibility index (Phi) is 40.1. The van der Waals surface area contributed by atoms with Crippen LogP contribution in [0.15, 0.2) is 60.7 Å². The molecule has 0 unspecified atom stereocenters. The van der Waals surface area contributed by atoms with Gasteiger partial charge in [0.05, 0.1) is 0 Å². The SMILES string of the molecule is CCCCCCCCCCCCc1ccccc1.CCCCCCCCCCCCc1ccccc1.O=C([O-])S(=O)(=O)[O-].[Na+].[Na+]. The third-order valence-electron chi connectivity index (χ3n) is 7.53. The van der Waals surface area contributed by atoms with Crippen molar-refractivity contribution in [1.82, 2.24) is 0 Å². The Hall–Kier alpha value is -0.180. The molecule has 0 bridgehead atoms. The topological polar surface area (TPSA) is 97.3 Å². The van der Waals surface area contributed by atoms with Crippen molar-refractivity contribution in [2.24, 2.45) is 0 Å². The molecule has 0 saturated heterocycles. The molecule has 2 aromatic carbocycles. The Morgan fingerprint density at radius 1 is 0.489 bits per heavy atom. The molecule has 0 aliphatic rings. The van der Waals surface area contributed by atoms with E-state index in [4.69, 9.17) is 22.9 Å². The van der Waals surface area contributed by atoms with Gasteiger partial charge in [-0.05, 0) is 36.8 Å². The second-order valence-electron chi connectivity index (χ2n) is 11.5. The average Bonchev–Trinajstić information content (AvgIpc) is 3.00. The fourth-order valence-corrected chi connectivity index (χ4v) is 4.92. The van der Waals surface area contributed by atoms with Crippen LogP contribution in [-0.2, 0) is 23.0 Å². The van der Waals surface area contributed by atoms with Gasteiger partial charge in [0.1, 0.15) is 15.4 Å². The molecule has 0 fully saturated rings. The summed E-state index contributed by atoms with van der Waals surface area (Å²) in [5.41, 5.74) is 2.99. The quantitative estimate of drug-likeness (QED) is 0.107. The molecule has 0 amide bonds. The van der Waals surface area contributed by atoms with Gasteiger partial charge in [0.15, 0.2) is 0 Å². The molecule has 0 N–H and O–H groups in total. The van der Waals surface area contributed by atoms with E-state index in [2.05, 4.69) is 74.5 Å². The van der Waals surface area contributed by atoms with Gasteiger partial charge in [-0.2, -0.15) is 0 Å². The van der Waals surface area contributed by atoms with Crippen molar-refractivity contribution >= 4 is 15.4 Å². The Balaban J connectivity index is -0.000000626. The first-order valence-electron chi connectivity index (χ1n) is 17.1. The molecular formula is C37H60Na2O5S. The summed E-state index contributed by atoms with van der Waals surface area (Å²) in [6.07, 6.45) is 31.0. The normalized spacial score (nSPS) is 10.3. The first kappa shape index (κ1) is 49.2. The van der Waals surface area contributed by atoms with Gasteiger partial charge in [-0.3, -0.25) is 0 Å². The maximum absolute atomic E-state index is 9.11. The molecule has 0 saturated carbocycles. The summed E-state index contributed by atoms with van der Waals surface area (Å²) in [7, 11) is -5.19. The minimum absolute atomic E-state index is 0. The van der Waals surface area contributed by atoms with E-state index in [1.54, 1.807) is 0 Å². The van der Waals surface area contributed by atoms with Gasteiger partial charge >= 0.3 is 59.1 Å². The van der Waals surface area contributed by atoms with E-state index >= 15 is 0 Å². The second kappa shape index (κ2) is 36.7. The van der Waals surface area contributed by atoms with Crippen LogP contribution < -0.4 is 64.2 Å². The van der Waals surface area contributed by atoms with E-state index in [1.165, 1.54) is 152 Å². The van der Waals surface area contributed by atoms with Crippen LogP contribution in [0.2, 0.25) is 0 Å². The summed E-state index contributed by atoms with van der Waals surface area (Å²) in [5, 5.41) is 6.42. The van der Waals surface area contributed by atoms with Crippen molar-refractivity contribution in [3.05, 3.63) is 71.8 Å². The fourth-order valence-electron chi connectivity index (χ4n) is 4.92. The van der Waals surface area contributed by atoms with Crippen molar-refractivity contribution in [3.63, 3.8) is 0 Å². The van der Waals surface area contributed by atoms with Crippen LogP contribution in [0.5, 0.6) is 0 Å². The van der Waals surface area contributed by atoms with E-state index in [1.807, 2.05) is 0 Å². The molecule has 0 atom stereocenters. The van der Waals surface area contributed by atoms with Crippen molar-refractivity contribution < 1.29 is 82.0 Å². The third-order valence-corrected chi connectivity index (χ3v) is 7.94. The summed E-state index contributed by atoms with van der Waals surface area (Å²) >= 11 is 0. The Labute approximate surface area is 321 Å². The minimum Gasteiger partial charge on any atom is -0.743 e.